The van der Waals surface area contributed by atoms with Crippen LogP contribution in [0.3, 0.4) is 0 Å². The van der Waals surface area contributed by atoms with Crippen LogP contribution in [0.2, 0.25) is 5.02 Å². The minimum Gasteiger partial charge on any atom is -0.297 e. The summed E-state index contributed by atoms with van der Waals surface area (Å²) in [5.74, 6) is 0. The van der Waals surface area contributed by atoms with Crippen LogP contribution in [0.5, 0.6) is 0 Å². The Kier molecular flexibility index (Phi) is 5.02. The predicted octanol–water partition coefficient (Wildman–Crippen LogP) is 2.89. The molecule has 1 N–H and O–H groups in total. The minimum atomic E-state index is -3.49. The summed E-state index contributed by atoms with van der Waals surface area (Å²) >= 11 is 5.81. The first-order chi connectivity index (χ1) is 11.0. The molecule has 1 unspecified atom stereocenters. The van der Waals surface area contributed by atoms with Crippen molar-refractivity contribution < 1.29 is 8.42 Å². The number of hydrogen-bond acceptors (Lipinski definition) is 3. The Hall–Kier alpha value is -1.40. The molecule has 122 valence electrons. The molecule has 1 atom stereocenters. The van der Waals surface area contributed by atoms with Gasteiger partial charge in [-0.1, -0.05) is 41.9 Å². The van der Waals surface area contributed by atoms with Crippen molar-refractivity contribution in [2.24, 2.45) is 0 Å². The molecule has 1 aliphatic rings. The van der Waals surface area contributed by atoms with Gasteiger partial charge in [0.1, 0.15) is 0 Å². The van der Waals surface area contributed by atoms with Gasteiger partial charge in [-0.2, -0.15) is 0 Å². The molecule has 2 aromatic carbocycles. The van der Waals surface area contributed by atoms with E-state index >= 15 is 0 Å². The molecule has 1 fully saturated rings. The standard InChI is InChI=1S/C17H19ClN2O2S/c18-15-6-8-17(9-7-15)23(21,22)19-16-10-11-20(13-16)12-14-4-2-1-3-5-14/h1-9,16,19H,10-13H2. The molecule has 1 saturated heterocycles. The normalized spacial score (nSPS) is 19.1. The third-order valence-corrected chi connectivity index (χ3v) is 5.76. The van der Waals surface area contributed by atoms with E-state index in [9.17, 15) is 8.42 Å². The Morgan fingerprint density at radius 1 is 1.09 bits per heavy atom. The molecule has 0 aliphatic carbocycles. The largest absolute Gasteiger partial charge is 0.297 e. The minimum absolute atomic E-state index is 0.0561. The molecule has 3 rings (SSSR count). The van der Waals surface area contributed by atoms with Gasteiger partial charge in [0, 0.05) is 30.7 Å². The molecule has 23 heavy (non-hydrogen) atoms. The van der Waals surface area contributed by atoms with Gasteiger partial charge in [-0.25, -0.2) is 13.1 Å². The topological polar surface area (TPSA) is 49.4 Å². The molecule has 1 aliphatic heterocycles. The molecular formula is C17H19ClN2O2S. The first-order valence-corrected chi connectivity index (χ1v) is 9.43. The zero-order valence-electron chi connectivity index (χ0n) is 12.7. The van der Waals surface area contributed by atoms with Crippen LogP contribution in [-0.4, -0.2) is 32.4 Å². The second kappa shape index (κ2) is 7.01. The summed E-state index contributed by atoms with van der Waals surface area (Å²) in [6.07, 6.45) is 0.819. The highest BCUT2D eigenvalue weighted by Crippen LogP contribution is 2.18. The Labute approximate surface area is 142 Å². The molecule has 4 nitrogen and oxygen atoms in total. The van der Waals surface area contributed by atoms with Crippen LogP contribution in [0.15, 0.2) is 59.5 Å². The average molecular weight is 351 g/mol. The highest BCUT2D eigenvalue weighted by atomic mass is 35.5. The number of nitrogens with one attached hydrogen (secondary N) is 1. The van der Waals surface area contributed by atoms with Crippen molar-refractivity contribution in [1.82, 2.24) is 9.62 Å². The van der Waals surface area contributed by atoms with E-state index in [-0.39, 0.29) is 10.9 Å². The second-order valence-electron chi connectivity index (χ2n) is 5.78. The van der Waals surface area contributed by atoms with Crippen molar-refractivity contribution in [2.75, 3.05) is 13.1 Å². The predicted molar refractivity (Wildman–Crippen MR) is 91.9 cm³/mol. The van der Waals surface area contributed by atoms with E-state index in [0.29, 0.717) is 5.02 Å². The number of hydrogen-bond donors (Lipinski definition) is 1. The SMILES string of the molecule is O=S(=O)(NC1CCN(Cc2ccccc2)C1)c1ccc(Cl)cc1. The monoisotopic (exact) mass is 350 g/mol. The molecule has 0 spiro atoms. The first kappa shape index (κ1) is 16.5. The average Bonchev–Trinajstić information content (AvgIpc) is 2.95. The fourth-order valence-corrected chi connectivity index (χ4v) is 4.20. The lowest BCUT2D eigenvalue weighted by Gasteiger charge is -2.17. The van der Waals surface area contributed by atoms with Crippen LogP contribution in [0.1, 0.15) is 12.0 Å². The summed E-state index contributed by atoms with van der Waals surface area (Å²) in [6.45, 7) is 2.46. The quantitative estimate of drug-likeness (QED) is 0.902. The molecule has 0 radical (unpaired) electrons. The van der Waals surface area contributed by atoms with E-state index in [1.165, 1.54) is 17.7 Å². The van der Waals surface area contributed by atoms with Gasteiger partial charge >= 0.3 is 0 Å². The maximum atomic E-state index is 12.4. The lowest BCUT2D eigenvalue weighted by molar-refractivity contribution is 0.324. The molecule has 2 aromatic rings. The van der Waals surface area contributed by atoms with Gasteiger partial charge in [0.2, 0.25) is 10.0 Å². The fraction of sp³-hybridized carbons (Fsp3) is 0.294. The van der Waals surface area contributed by atoms with Crippen LogP contribution in [0, 0.1) is 0 Å². The van der Waals surface area contributed by atoms with Crippen molar-refractivity contribution in [3.05, 3.63) is 65.2 Å². The molecule has 0 bridgehead atoms. The number of benzene rings is 2. The van der Waals surface area contributed by atoms with E-state index in [1.54, 1.807) is 12.1 Å². The molecule has 0 saturated carbocycles. The summed E-state index contributed by atoms with van der Waals surface area (Å²) in [5, 5.41) is 0.527. The number of rotatable bonds is 5. The van der Waals surface area contributed by atoms with Crippen LogP contribution < -0.4 is 4.72 Å². The van der Waals surface area contributed by atoms with E-state index in [0.717, 1.165) is 26.1 Å². The smallest absolute Gasteiger partial charge is 0.240 e. The van der Waals surface area contributed by atoms with Crippen LogP contribution in [0.4, 0.5) is 0 Å². The summed E-state index contributed by atoms with van der Waals surface area (Å²) in [7, 11) is -3.49. The summed E-state index contributed by atoms with van der Waals surface area (Å²) < 4.78 is 27.6. The number of sulfonamides is 1. The molecular weight excluding hydrogens is 332 g/mol. The third-order valence-electron chi connectivity index (χ3n) is 3.97. The lowest BCUT2D eigenvalue weighted by atomic mass is 10.2. The fourth-order valence-electron chi connectivity index (χ4n) is 2.82. The van der Waals surface area contributed by atoms with Gasteiger partial charge in [0.15, 0.2) is 0 Å². The van der Waals surface area contributed by atoms with Gasteiger partial charge in [0.25, 0.3) is 0 Å². The number of halogens is 1. The highest BCUT2D eigenvalue weighted by Gasteiger charge is 2.27. The van der Waals surface area contributed by atoms with E-state index < -0.39 is 10.0 Å². The van der Waals surface area contributed by atoms with Crippen LogP contribution in [0.25, 0.3) is 0 Å². The van der Waals surface area contributed by atoms with E-state index in [4.69, 9.17) is 11.6 Å². The molecule has 0 aromatic heterocycles. The molecule has 0 amide bonds. The maximum absolute atomic E-state index is 12.4. The molecule has 6 heteroatoms. The van der Waals surface area contributed by atoms with Crippen molar-refractivity contribution >= 4 is 21.6 Å². The van der Waals surface area contributed by atoms with Crippen LogP contribution >= 0.6 is 11.6 Å². The van der Waals surface area contributed by atoms with Gasteiger partial charge in [-0.3, -0.25) is 4.90 Å². The van der Waals surface area contributed by atoms with Gasteiger partial charge in [-0.05, 0) is 36.2 Å². The van der Waals surface area contributed by atoms with Gasteiger partial charge in [-0.15, -0.1) is 0 Å². The summed E-state index contributed by atoms with van der Waals surface area (Å²) in [5.41, 5.74) is 1.24. The summed E-state index contributed by atoms with van der Waals surface area (Å²) in [4.78, 5) is 2.52. The number of nitrogens with zero attached hydrogens (tertiary/aromatic N) is 1. The van der Waals surface area contributed by atoms with Gasteiger partial charge in [0.05, 0.1) is 4.90 Å². The lowest BCUT2D eigenvalue weighted by Crippen LogP contribution is -2.36. The Balaban J connectivity index is 1.60. The second-order valence-corrected chi connectivity index (χ2v) is 7.93. The number of likely N-dealkylation sites (tertiary alicyclic amines) is 1. The highest BCUT2D eigenvalue weighted by molar-refractivity contribution is 7.89. The van der Waals surface area contributed by atoms with Crippen molar-refractivity contribution in [2.45, 2.75) is 23.9 Å². The maximum Gasteiger partial charge on any atom is 0.240 e. The molecule has 1 heterocycles. The van der Waals surface area contributed by atoms with Crippen molar-refractivity contribution in [3.8, 4) is 0 Å². The zero-order valence-corrected chi connectivity index (χ0v) is 14.2. The zero-order chi connectivity index (χ0) is 16.3. The van der Waals surface area contributed by atoms with Crippen molar-refractivity contribution in [1.29, 1.82) is 0 Å². The van der Waals surface area contributed by atoms with E-state index in [1.807, 2.05) is 18.2 Å². The third kappa shape index (κ3) is 4.32. The van der Waals surface area contributed by atoms with E-state index in [2.05, 4.69) is 21.8 Å². The Morgan fingerprint density at radius 2 is 1.78 bits per heavy atom. The Bertz CT molecular complexity index is 748. The van der Waals surface area contributed by atoms with Crippen molar-refractivity contribution in [3.63, 3.8) is 0 Å². The first-order valence-electron chi connectivity index (χ1n) is 7.57. The van der Waals surface area contributed by atoms with Crippen LogP contribution in [-0.2, 0) is 16.6 Å². The summed E-state index contributed by atoms with van der Waals surface area (Å²) in [6, 6.07) is 16.4. The van der Waals surface area contributed by atoms with Gasteiger partial charge < -0.3 is 0 Å². The Morgan fingerprint density at radius 3 is 2.48 bits per heavy atom.